The number of nitrogens with one attached hydrogen (secondary N) is 1. The van der Waals surface area contributed by atoms with Gasteiger partial charge < -0.3 is 10.1 Å². The zero-order valence-corrected chi connectivity index (χ0v) is 12.7. The van der Waals surface area contributed by atoms with Gasteiger partial charge in [-0.15, -0.1) is 0 Å². The predicted molar refractivity (Wildman–Crippen MR) is 86.8 cm³/mol. The van der Waals surface area contributed by atoms with Gasteiger partial charge in [0.15, 0.2) is 0 Å². The summed E-state index contributed by atoms with van der Waals surface area (Å²) in [6.07, 6.45) is 8.10. The molecule has 1 aromatic carbocycles. The van der Waals surface area contributed by atoms with E-state index in [1.807, 2.05) is 55.5 Å². The summed E-state index contributed by atoms with van der Waals surface area (Å²) in [4.78, 5) is 12.1. The average molecular weight is 285 g/mol. The van der Waals surface area contributed by atoms with Crippen LogP contribution in [0.25, 0.3) is 0 Å². The molecule has 0 spiro atoms. The van der Waals surface area contributed by atoms with Crippen molar-refractivity contribution in [3.63, 3.8) is 0 Å². The summed E-state index contributed by atoms with van der Waals surface area (Å²) >= 11 is 0. The van der Waals surface area contributed by atoms with E-state index in [-0.39, 0.29) is 12.0 Å². The molecular weight excluding hydrogens is 262 g/mol. The first-order valence-corrected chi connectivity index (χ1v) is 7.03. The first-order valence-electron chi connectivity index (χ1n) is 7.03. The van der Waals surface area contributed by atoms with Gasteiger partial charge in [-0.1, -0.05) is 61.2 Å². The fourth-order valence-corrected chi connectivity index (χ4v) is 1.93. The number of ether oxygens (including phenoxy) is 1. The topological polar surface area (TPSA) is 38.3 Å². The van der Waals surface area contributed by atoms with E-state index in [0.717, 1.165) is 11.1 Å². The fraction of sp³-hybridized carbons (Fsp3) is 0.278. The van der Waals surface area contributed by atoms with Crippen molar-refractivity contribution in [2.24, 2.45) is 0 Å². The van der Waals surface area contributed by atoms with Crippen LogP contribution in [0.15, 0.2) is 66.8 Å². The van der Waals surface area contributed by atoms with Gasteiger partial charge in [0.25, 0.3) is 0 Å². The normalized spacial score (nSPS) is 13.1. The lowest BCUT2D eigenvalue weighted by Crippen LogP contribution is -2.35. The Balaban J connectivity index is 2.60. The number of hydrogen-bond acceptors (Lipinski definition) is 3. The molecule has 112 valence electrons. The Morgan fingerprint density at radius 2 is 2.10 bits per heavy atom. The van der Waals surface area contributed by atoms with Crippen LogP contribution >= 0.6 is 0 Å². The summed E-state index contributed by atoms with van der Waals surface area (Å²) in [7, 11) is 1.76. The Kier molecular flexibility index (Phi) is 7.84. The maximum Gasteiger partial charge on any atom is 0.323 e. The zero-order chi connectivity index (χ0) is 15.5. The lowest BCUT2D eigenvalue weighted by atomic mass is 10.1. The van der Waals surface area contributed by atoms with Gasteiger partial charge in [-0.05, 0) is 31.5 Å². The number of rotatable bonds is 8. The Morgan fingerprint density at radius 1 is 1.38 bits per heavy atom. The molecule has 1 unspecified atom stereocenters. The molecule has 0 aliphatic carbocycles. The number of likely N-dealkylation sites (N-methyl/N-ethyl adjacent to an activating group) is 1. The van der Waals surface area contributed by atoms with Crippen molar-refractivity contribution in [1.82, 2.24) is 5.32 Å². The van der Waals surface area contributed by atoms with E-state index in [2.05, 4.69) is 11.9 Å². The first kappa shape index (κ1) is 16.9. The Bertz CT molecular complexity index is 503. The van der Waals surface area contributed by atoms with Crippen LogP contribution in [0.2, 0.25) is 0 Å². The van der Waals surface area contributed by atoms with Crippen molar-refractivity contribution in [1.29, 1.82) is 0 Å². The molecule has 21 heavy (non-hydrogen) atoms. The van der Waals surface area contributed by atoms with Crippen LogP contribution in [0.3, 0.4) is 0 Å². The van der Waals surface area contributed by atoms with E-state index < -0.39 is 0 Å². The first-order chi connectivity index (χ1) is 10.2. The van der Waals surface area contributed by atoms with E-state index in [4.69, 9.17) is 4.74 Å². The molecule has 1 N–H and O–H groups in total. The van der Waals surface area contributed by atoms with Gasteiger partial charge in [-0.25, -0.2) is 0 Å². The van der Waals surface area contributed by atoms with Crippen LogP contribution < -0.4 is 5.32 Å². The molecule has 1 rings (SSSR count). The Hall–Kier alpha value is -2.13. The molecule has 0 aliphatic heterocycles. The van der Waals surface area contributed by atoms with Crippen LogP contribution in [0.1, 0.15) is 18.9 Å². The summed E-state index contributed by atoms with van der Waals surface area (Å²) in [5.41, 5.74) is 2.01. The minimum atomic E-state index is -0.365. The molecule has 3 nitrogen and oxygen atoms in total. The highest BCUT2D eigenvalue weighted by Crippen LogP contribution is 2.10. The van der Waals surface area contributed by atoms with Gasteiger partial charge in [-0.3, -0.25) is 4.79 Å². The van der Waals surface area contributed by atoms with Crippen LogP contribution in [-0.2, 0) is 16.1 Å². The van der Waals surface area contributed by atoms with Gasteiger partial charge in [0, 0.05) is 0 Å². The summed E-state index contributed by atoms with van der Waals surface area (Å²) < 4.78 is 5.36. The molecule has 1 atom stereocenters. The third-order valence-electron chi connectivity index (χ3n) is 3.01. The Labute approximate surface area is 127 Å². The highest BCUT2D eigenvalue weighted by Gasteiger charge is 2.18. The number of esters is 1. The maximum absolute atomic E-state index is 12.1. The fourth-order valence-electron chi connectivity index (χ4n) is 1.93. The van der Waals surface area contributed by atoms with Gasteiger partial charge >= 0.3 is 5.97 Å². The molecule has 0 aliphatic rings. The van der Waals surface area contributed by atoms with E-state index in [1.54, 1.807) is 13.1 Å². The number of benzene rings is 1. The summed E-state index contributed by atoms with van der Waals surface area (Å²) in [6.45, 7) is 5.93. The lowest BCUT2D eigenvalue weighted by Gasteiger charge is -2.16. The van der Waals surface area contributed by atoms with Crippen molar-refractivity contribution in [3.05, 3.63) is 72.4 Å². The minimum Gasteiger partial charge on any atom is -0.460 e. The van der Waals surface area contributed by atoms with Crippen molar-refractivity contribution in [3.8, 4) is 0 Å². The second-order valence-electron chi connectivity index (χ2n) is 4.62. The van der Waals surface area contributed by atoms with Crippen molar-refractivity contribution in [2.75, 3.05) is 7.05 Å². The molecule has 0 saturated carbocycles. The number of carbonyl (C=O) groups excluding carboxylic acids is 1. The molecule has 0 saturated heterocycles. The molecular formula is C18H23NO2. The van der Waals surface area contributed by atoms with Gasteiger partial charge in [-0.2, -0.15) is 0 Å². The molecule has 0 bridgehead atoms. The smallest absolute Gasteiger partial charge is 0.323 e. The van der Waals surface area contributed by atoms with Crippen LogP contribution in [-0.4, -0.2) is 19.1 Å². The molecule has 3 heteroatoms. The van der Waals surface area contributed by atoms with Crippen molar-refractivity contribution in [2.45, 2.75) is 26.0 Å². The second-order valence-corrected chi connectivity index (χ2v) is 4.62. The Morgan fingerprint density at radius 3 is 2.67 bits per heavy atom. The minimum absolute atomic E-state index is 0.249. The summed E-state index contributed by atoms with van der Waals surface area (Å²) in [5, 5.41) is 3.00. The number of carbonyl (C=O) groups is 1. The molecule has 0 amide bonds. The molecule has 0 radical (unpaired) electrons. The van der Waals surface area contributed by atoms with Crippen molar-refractivity contribution >= 4 is 5.97 Å². The van der Waals surface area contributed by atoms with Crippen molar-refractivity contribution < 1.29 is 9.53 Å². The quantitative estimate of drug-likeness (QED) is 0.587. The maximum atomic E-state index is 12.1. The standard InChI is InChI=1S/C18H23NO2/c1-4-9-15(10-5-2)13-17(19-3)18(20)21-14-16-11-7-6-8-12-16/h4-12,17,19H,1,13-14H2,2-3H3/b10-5-,15-9+. The average Bonchev–Trinajstić information content (AvgIpc) is 2.51. The third-order valence-corrected chi connectivity index (χ3v) is 3.01. The van der Waals surface area contributed by atoms with E-state index >= 15 is 0 Å². The second kappa shape index (κ2) is 9.72. The molecule has 0 heterocycles. The number of allylic oxidation sites excluding steroid dienone is 4. The summed E-state index contributed by atoms with van der Waals surface area (Å²) in [6, 6.07) is 9.29. The van der Waals surface area contributed by atoms with Gasteiger partial charge in [0.1, 0.15) is 12.6 Å². The van der Waals surface area contributed by atoms with E-state index in [0.29, 0.717) is 13.0 Å². The van der Waals surface area contributed by atoms with E-state index in [1.165, 1.54) is 0 Å². The van der Waals surface area contributed by atoms with Crippen LogP contribution in [0, 0.1) is 0 Å². The lowest BCUT2D eigenvalue weighted by molar-refractivity contribution is -0.147. The van der Waals surface area contributed by atoms with Crippen LogP contribution in [0.5, 0.6) is 0 Å². The molecule has 1 aromatic rings. The molecule has 0 fully saturated rings. The largest absolute Gasteiger partial charge is 0.460 e. The summed E-state index contributed by atoms with van der Waals surface area (Å²) in [5.74, 6) is -0.249. The van der Waals surface area contributed by atoms with Gasteiger partial charge in [0.05, 0.1) is 0 Å². The highest BCUT2D eigenvalue weighted by atomic mass is 16.5. The van der Waals surface area contributed by atoms with Gasteiger partial charge in [0.2, 0.25) is 0 Å². The third kappa shape index (κ3) is 6.23. The number of hydrogen-bond donors (Lipinski definition) is 1. The predicted octanol–water partition coefficient (Wildman–Crippen LogP) is 3.40. The zero-order valence-electron chi connectivity index (χ0n) is 12.7. The SMILES string of the molecule is C=C/C=C(\C=C/C)CC(NC)C(=O)OCc1ccccc1. The van der Waals surface area contributed by atoms with E-state index in [9.17, 15) is 4.79 Å². The molecule has 0 aromatic heterocycles. The highest BCUT2D eigenvalue weighted by molar-refractivity contribution is 5.76. The monoisotopic (exact) mass is 285 g/mol. The van der Waals surface area contributed by atoms with Crippen LogP contribution in [0.4, 0.5) is 0 Å².